The number of hydrogen-bond donors (Lipinski definition) is 1. The second-order valence-electron chi connectivity index (χ2n) is 5.42. The zero-order chi connectivity index (χ0) is 17.3. The van der Waals surface area contributed by atoms with Crippen LogP contribution in [0.15, 0.2) is 29.3 Å². The van der Waals surface area contributed by atoms with Gasteiger partial charge in [0.1, 0.15) is 0 Å². The zero-order valence-corrected chi connectivity index (χ0v) is 14.6. The molecule has 0 saturated carbocycles. The van der Waals surface area contributed by atoms with Gasteiger partial charge in [-0.05, 0) is 30.8 Å². The van der Waals surface area contributed by atoms with Crippen LogP contribution in [0.5, 0.6) is 5.88 Å². The average Bonchev–Trinajstić information content (AvgIpc) is 3.08. The number of fused-ring (bicyclic) bond motifs is 1. The van der Waals surface area contributed by atoms with Crippen LogP contribution < -0.4 is 5.11 Å². The average molecular weight is 359 g/mol. The van der Waals surface area contributed by atoms with E-state index in [4.69, 9.17) is 12.2 Å². The highest BCUT2D eigenvalue weighted by Crippen LogP contribution is 2.37. The molecule has 2 heterocycles. The van der Waals surface area contributed by atoms with E-state index < -0.39 is 12.0 Å². The van der Waals surface area contributed by atoms with Gasteiger partial charge >= 0.3 is 0 Å². The molecule has 0 radical (unpaired) electrons. The monoisotopic (exact) mass is 359 g/mol. The summed E-state index contributed by atoms with van der Waals surface area (Å²) in [5, 5.41) is 21.9. The van der Waals surface area contributed by atoms with Crippen LogP contribution in [-0.2, 0) is 4.79 Å². The molecular weight excluding hydrogens is 344 g/mol. The van der Waals surface area contributed by atoms with Crippen molar-refractivity contribution >= 4 is 53.1 Å². The van der Waals surface area contributed by atoms with E-state index in [-0.39, 0.29) is 5.88 Å². The van der Waals surface area contributed by atoms with Gasteiger partial charge in [0.15, 0.2) is 3.95 Å². The molecule has 2 aromatic rings. The van der Waals surface area contributed by atoms with Gasteiger partial charge in [-0.3, -0.25) is 9.56 Å². The van der Waals surface area contributed by atoms with Crippen molar-refractivity contribution in [2.45, 2.75) is 25.8 Å². The Bertz CT molecular complexity index is 909. The quantitative estimate of drug-likeness (QED) is 0.831. The van der Waals surface area contributed by atoms with Gasteiger partial charge in [0.25, 0.3) is 0 Å². The van der Waals surface area contributed by atoms with Crippen molar-refractivity contribution in [3.05, 3.63) is 38.7 Å². The summed E-state index contributed by atoms with van der Waals surface area (Å²) < 4.78 is 1.58. The van der Waals surface area contributed by atoms with Crippen molar-refractivity contribution in [1.82, 2.24) is 4.57 Å². The summed E-state index contributed by atoms with van der Waals surface area (Å²) in [6, 6.07) is 6.72. The first-order chi connectivity index (χ1) is 11.5. The van der Waals surface area contributed by atoms with Crippen molar-refractivity contribution in [2.24, 2.45) is 4.99 Å². The first-order valence-corrected chi connectivity index (χ1v) is 8.75. The fourth-order valence-corrected chi connectivity index (χ4v) is 4.04. The predicted molar refractivity (Wildman–Crippen MR) is 96.2 cm³/mol. The van der Waals surface area contributed by atoms with Gasteiger partial charge in [0.05, 0.1) is 22.6 Å². The van der Waals surface area contributed by atoms with Crippen molar-refractivity contribution in [2.75, 3.05) is 0 Å². The molecule has 1 atom stereocenters. The number of carbonyl (C=O) groups excluding carboxylic acids is 1. The number of hydrogen-bond acceptors (Lipinski definition) is 6. The minimum atomic E-state index is -1.24. The molecule has 0 bridgehead atoms. The number of rotatable bonds is 5. The summed E-state index contributed by atoms with van der Waals surface area (Å²) in [6.45, 7) is 1.87. The first-order valence-electron chi connectivity index (χ1n) is 7.53. The molecule has 124 valence electrons. The van der Waals surface area contributed by atoms with Crippen LogP contribution in [0.2, 0.25) is 0 Å². The van der Waals surface area contributed by atoms with Crippen LogP contribution in [0.1, 0.15) is 36.2 Å². The van der Waals surface area contributed by atoms with Crippen molar-refractivity contribution in [1.29, 1.82) is 0 Å². The molecule has 1 aliphatic heterocycles. The van der Waals surface area contributed by atoms with E-state index in [1.807, 2.05) is 31.2 Å². The Morgan fingerprint density at radius 1 is 1.50 bits per heavy atom. The molecule has 0 unspecified atom stereocenters. The molecular formula is C17H15N2O3S2-. The molecule has 1 N–H and O–H groups in total. The Morgan fingerprint density at radius 2 is 2.25 bits per heavy atom. The topological polar surface area (TPSA) is 77.6 Å². The summed E-state index contributed by atoms with van der Waals surface area (Å²) in [5.41, 5.74) is 2.68. The number of aromatic nitrogens is 1. The highest BCUT2D eigenvalue weighted by atomic mass is 32.1. The molecule has 1 aromatic carbocycles. The normalized spacial score (nSPS) is 15.6. The van der Waals surface area contributed by atoms with E-state index in [9.17, 15) is 15.0 Å². The molecule has 24 heavy (non-hydrogen) atoms. The van der Waals surface area contributed by atoms with Gasteiger partial charge in [-0.25, -0.2) is 0 Å². The maximum atomic E-state index is 11.4. The molecule has 3 rings (SSSR count). The van der Waals surface area contributed by atoms with Crippen molar-refractivity contribution in [3.63, 3.8) is 0 Å². The number of aliphatic imine (C=N–C) groups is 1. The minimum Gasteiger partial charge on any atom is -0.548 e. The van der Waals surface area contributed by atoms with Gasteiger partial charge in [0.2, 0.25) is 5.88 Å². The number of para-hydroxylation sites is 1. The van der Waals surface area contributed by atoms with Crippen LogP contribution in [0.4, 0.5) is 5.69 Å². The Hall–Kier alpha value is -2.25. The summed E-state index contributed by atoms with van der Waals surface area (Å²) in [4.78, 5) is 16.2. The first kappa shape index (κ1) is 16.6. The molecule has 1 aromatic heterocycles. The highest BCUT2D eigenvalue weighted by molar-refractivity contribution is 7.73. The fourth-order valence-electron chi connectivity index (χ4n) is 2.68. The number of aliphatic carboxylic acids is 1. The van der Waals surface area contributed by atoms with Crippen LogP contribution >= 0.6 is 23.6 Å². The third-order valence-corrected chi connectivity index (χ3v) is 5.17. The lowest BCUT2D eigenvalue weighted by atomic mass is 10.1. The number of benzene rings is 1. The summed E-state index contributed by atoms with van der Waals surface area (Å²) in [5.74, 6) is -1.38. The summed E-state index contributed by atoms with van der Waals surface area (Å²) in [7, 11) is 0. The molecule has 0 saturated heterocycles. The lowest BCUT2D eigenvalue weighted by Gasteiger charge is -2.19. The Balaban J connectivity index is 2.05. The third kappa shape index (κ3) is 2.92. The van der Waals surface area contributed by atoms with Crippen LogP contribution in [0.25, 0.3) is 11.6 Å². The van der Waals surface area contributed by atoms with E-state index in [1.165, 1.54) is 15.9 Å². The van der Waals surface area contributed by atoms with Crippen molar-refractivity contribution < 1.29 is 15.0 Å². The zero-order valence-electron chi connectivity index (χ0n) is 12.9. The molecule has 0 spiro atoms. The van der Waals surface area contributed by atoms with Gasteiger partial charge in [-0.15, -0.1) is 11.3 Å². The fraction of sp³-hybridized carbons (Fsp3) is 0.235. The Morgan fingerprint density at radius 3 is 2.96 bits per heavy atom. The smallest absolute Gasteiger partial charge is 0.211 e. The van der Waals surface area contributed by atoms with Gasteiger partial charge in [-0.2, -0.15) is 0 Å². The van der Waals surface area contributed by atoms with E-state index >= 15 is 0 Å². The minimum absolute atomic E-state index is 0.141. The number of thiazole rings is 1. The molecule has 1 aliphatic rings. The second-order valence-corrected chi connectivity index (χ2v) is 7.10. The molecule has 7 heteroatoms. The van der Waals surface area contributed by atoms with Gasteiger partial charge < -0.3 is 15.0 Å². The molecule has 5 nitrogen and oxygen atoms in total. The third-order valence-electron chi connectivity index (χ3n) is 3.83. The number of carbonyl (C=O) groups is 1. The second kappa shape index (κ2) is 6.70. The van der Waals surface area contributed by atoms with E-state index in [0.717, 1.165) is 16.8 Å². The Kier molecular flexibility index (Phi) is 4.64. The number of aromatic hydroxyl groups is 1. The van der Waals surface area contributed by atoms with E-state index in [0.29, 0.717) is 21.7 Å². The number of carboxylic acids is 1. The van der Waals surface area contributed by atoms with Crippen LogP contribution in [0, 0.1) is 3.95 Å². The van der Waals surface area contributed by atoms with Crippen LogP contribution in [0.3, 0.4) is 0 Å². The van der Waals surface area contributed by atoms with E-state index in [1.54, 1.807) is 12.3 Å². The highest BCUT2D eigenvalue weighted by Gasteiger charge is 2.20. The largest absolute Gasteiger partial charge is 0.548 e. The maximum absolute atomic E-state index is 11.4. The van der Waals surface area contributed by atoms with Gasteiger partial charge in [0, 0.05) is 17.4 Å². The summed E-state index contributed by atoms with van der Waals surface area (Å²) in [6.07, 6.45) is 4.49. The number of allylic oxidation sites excluding steroid dienone is 1. The maximum Gasteiger partial charge on any atom is 0.211 e. The van der Waals surface area contributed by atoms with Crippen LogP contribution in [-0.4, -0.2) is 21.9 Å². The standard InChI is InChI=1S/C17H16N2O3S2/c1-2-5-13(16(21)22)19-15(20)14(24-17(19)23)8-10-9-18-12-7-4-3-6-11(10)12/h3-4,6-9,13,20H,2,5H2,1H3,(H,21,22)/p-1/b10-8+/t13-/m1/s1. The Labute approximate surface area is 148 Å². The van der Waals surface area contributed by atoms with Crippen molar-refractivity contribution in [3.8, 4) is 5.88 Å². The van der Waals surface area contributed by atoms with E-state index in [2.05, 4.69) is 4.99 Å². The SMILES string of the molecule is CCC[C@H](C(=O)[O-])n1c(O)c(/C=C2\C=Nc3ccccc32)sc1=S. The molecule has 0 amide bonds. The lowest BCUT2D eigenvalue weighted by molar-refractivity contribution is -0.310. The number of carboxylic acid groups (broad SMARTS) is 1. The lowest BCUT2D eigenvalue weighted by Crippen LogP contribution is -2.33. The molecule has 0 fully saturated rings. The molecule has 0 aliphatic carbocycles. The number of nitrogens with zero attached hydrogens (tertiary/aromatic N) is 2. The van der Waals surface area contributed by atoms with Gasteiger partial charge in [-0.1, -0.05) is 31.5 Å². The summed E-state index contributed by atoms with van der Waals surface area (Å²) >= 11 is 6.43. The predicted octanol–water partition coefficient (Wildman–Crippen LogP) is 3.33.